The fraction of sp³-hybridized carbons (Fsp3) is 0.0769. The van der Waals surface area contributed by atoms with E-state index in [0.29, 0.717) is 27.3 Å². The molecule has 0 aromatic heterocycles. The summed E-state index contributed by atoms with van der Waals surface area (Å²) in [6.45, 7) is 0. The summed E-state index contributed by atoms with van der Waals surface area (Å²) in [4.78, 5) is 0. The van der Waals surface area contributed by atoms with E-state index >= 15 is 0 Å². The van der Waals surface area contributed by atoms with Crippen LogP contribution in [0.5, 0.6) is 5.75 Å². The predicted molar refractivity (Wildman–Crippen MR) is 74.8 cm³/mol. The molecule has 18 heavy (non-hydrogen) atoms. The summed E-state index contributed by atoms with van der Waals surface area (Å²) >= 11 is 3.21. The summed E-state index contributed by atoms with van der Waals surface area (Å²) in [6, 6.07) is 10.0. The minimum absolute atomic E-state index is 0.333. The molecule has 0 aliphatic carbocycles. The normalized spacial score (nSPS) is 10.2. The van der Waals surface area contributed by atoms with Crippen molar-refractivity contribution in [2.75, 3.05) is 18.2 Å². The van der Waals surface area contributed by atoms with Gasteiger partial charge in [-0.3, -0.25) is 0 Å². The second-order valence-corrected chi connectivity index (χ2v) is 4.62. The molecule has 5 heteroatoms. The maximum Gasteiger partial charge on any atom is 0.147 e. The molecule has 3 N–H and O–H groups in total. The highest BCUT2D eigenvalue weighted by Crippen LogP contribution is 2.28. The number of rotatable bonds is 3. The molecule has 2 rings (SSSR count). The Hall–Kier alpha value is -1.75. The average molecular weight is 311 g/mol. The maximum atomic E-state index is 13.6. The molecule has 94 valence electrons. The van der Waals surface area contributed by atoms with Crippen molar-refractivity contribution in [2.24, 2.45) is 0 Å². The zero-order valence-electron chi connectivity index (χ0n) is 9.71. The zero-order chi connectivity index (χ0) is 13.1. The molecule has 0 aliphatic heterocycles. The Morgan fingerprint density at radius 2 is 2.00 bits per heavy atom. The van der Waals surface area contributed by atoms with Gasteiger partial charge in [0.05, 0.1) is 18.5 Å². The zero-order valence-corrected chi connectivity index (χ0v) is 11.3. The summed E-state index contributed by atoms with van der Waals surface area (Å²) in [5.74, 6) is 0.220. The van der Waals surface area contributed by atoms with Gasteiger partial charge in [-0.2, -0.15) is 0 Å². The molecule has 0 saturated carbocycles. The molecule has 2 aromatic carbocycles. The molecule has 0 amide bonds. The lowest BCUT2D eigenvalue weighted by Gasteiger charge is -2.10. The van der Waals surface area contributed by atoms with Crippen LogP contribution in [0.1, 0.15) is 0 Å². The number of benzene rings is 2. The van der Waals surface area contributed by atoms with Crippen molar-refractivity contribution in [3.63, 3.8) is 0 Å². The van der Waals surface area contributed by atoms with Crippen LogP contribution < -0.4 is 15.8 Å². The minimum Gasteiger partial charge on any atom is -0.495 e. The van der Waals surface area contributed by atoms with E-state index < -0.39 is 0 Å². The van der Waals surface area contributed by atoms with Crippen molar-refractivity contribution in [1.29, 1.82) is 0 Å². The van der Waals surface area contributed by atoms with Crippen molar-refractivity contribution in [3.05, 3.63) is 46.7 Å². The van der Waals surface area contributed by atoms with E-state index in [1.165, 1.54) is 13.2 Å². The number of anilines is 3. The summed E-state index contributed by atoms with van der Waals surface area (Å²) in [5, 5.41) is 2.97. The van der Waals surface area contributed by atoms with Crippen LogP contribution in [0.3, 0.4) is 0 Å². The topological polar surface area (TPSA) is 47.3 Å². The molecular formula is C13H12BrFN2O. The van der Waals surface area contributed by atoms with Gasteiger partial charge in [0.15, 0.2) is 0 Å². The quantitative estimate of drug-likeness (QED) is 0.845. The Morgan fingerprint density at radius 3 is 2.67 bits per heavy atom. The third kappa shape index (κ3) is 2.73. The van der Waals surface area contributed by atoms with Crippen molar-refractivity contribution in [2.45, 2.75) is 0 Å². The number of hydrogen-bond donors (Lipinski definition) is 2. The highest BCUT2D eigenvalue weighted by molar-refractivity contribution is 9.10. The second-order valence-electron chi connectivity index (χ2n) is 3.71. The van der Waals surface area contributed by atoms with Gasteiger partial charge in [0.25, 0.3) is 0 Å². The standard InChI is InChI=1S/C13H12BrFN2O/c1-18-13-7-9(3-4-11(13)16)17-12-5-2-8(14)6-10(12)15/h2-7,17H,16H2,1H3. The molecule has 3 nitrogen and oxygen atoms in total. The van der Waals surface area contributed by atoms with Crippen LogP contribution in [-0.4, -0.2) is 7.11 Å². The van der Waals surface area contributed by atoms with E-state index in [0.717, 1.165) is 0 Å². The van der Waals surface area contributed by atoms with Crippen LogP contribution in [0.25, 0.3) is 0 Å². The van der Waals surface area contributed by atoms with Crippen LogP contribution in [-0.2, 0) is 0 Å². The van der Waals surface area contributed by atoms with Crippen LogP contribution in [0.15, 0.2) is 40.9 Å². The first kappa shape index (κ1) is 12.7. The molecule has 0 bridgehead atoms. The fourth-order valence-electron chi connectivity index (χ4n) is 1.54. The molecule has 0 spiro atoms. The number of hydrogen-bond acceptors (Lipinski definition) is 3. The van der Waals surface area contributed by atoms with Gasteiger partial charge >= 0.3 is 0 Å². The molecule has 0 unspecified atom stereocenters. The average Bonchev–Trinajstić information content (AvgIpc) is 2.35. The van der Waals surface area contributed by atoms with Crippen molar-refractivity contribution in [1.82, 2.24) is 0 Å². The van der Waals surface area contributed by atoms with Gasteiger partial charge in [0.2, 0.25) is 0 Å². The Labute approximate surface area is 113 Å². The minimum atomic E-state index is -0.333. The monoisotopic (exact) mass is 310 g/mol. The Kier molecular flexibility index (Phi) is 3.72. The number of nitrogens with one attached hydrogen (secondary N) is 1. The third-order valence-corrected chi connectivity index (χ3v) is 2.94. The lowest BCUT2D eigenvalue weighted by molar-refractivity contribution is 0.417. The Balaban J connectivity index is 2.28. The van der Waals surface area contributed by atoms with E-state index in [2.05, 4.69) is 21.2 Å². The smallest absolute Gasteiger partial charge is 0.147 e. The van der Waals surface area contributed by atoms with E-state index in [4.69, 9.17) is 10.5 Å². The van der Waals surface area contributed by atoms with E-state index in [1.807, 2.05) is 0 Å². The maximum absolute atomic E-state index is 13.6. The highest BCUT2D eigenvalue weighted by Gasteiger charge is 2.05. The molecule has 0 radical (unpaired) electrons. The molecule has 0 aliphatic rings. The van der Waals surface area contributed by atoms with Crippen LogP contribution in [0.4, 0.5) is 21.5 Å². The SMILES string of the molecule is COc1cc(Nc2ccc(Br)cc2F)ccc1N. The van der Waals surface area contributed by atoms with Gasteiger partial charge < -0.3 is 15.8 Å². The number of ether oxygens (including phenoxy) is 1. The van der Waals surface area contributed by atoms with Crippen LogP contribution >= 0.6 is 15.9 Å². The van der Waals surface area contributed by atoms with Crippen molar-refractivity contribution in [3.8, 4) is 5.75 Å². The van der Waals surface area contributed by atoms with Gasteiger partial charge in [-0.25, -0.2) is 4.39 Å². The molecule has 0 atom stereocenters. The number of nitrogens with two attached hydrogens (primary N) is 1. The first-order valence-corrected chi connectivity index (χ1v) is 6.05. The van der Waals surface area contributed by atoms with Crippen molar-refractivity contribution >= 4 is 33.0 Å². The predicted octanol–water partition coefficient (Wildman–Crippen LogP) is 3.92. The van der Waals surface area contributed by atoms with Crippen LogP contribution in [0, 0.1) is 5.82 Å². The lowest BCUT2D eigenvalue weighted by atomic mass is 10.2. The van der Waals surface area contributed by atoms with E-state index in [-0.39, 0.29) is 5.82 Å². The summed E-state index contributed by atoms with van der Waals surface area (Å²) in [5.41, 5.74) is 7.36. The molecule has 0 fully saturated rings. The van der Waals surface area contributed by atoms with Gasteiger partial charge in [0, 0.05) is 16.2 Å². The first-order chi connectivity index (χ1) is 8.60. The van der Waals surface area contributed by atoms with Gasteiger partial charge in [-0.05, 0) is 30.3 Å². The second kappa shape index (κ2) is 5.27. The van der Waals surface area contributed by atoms with Gasteiger partial charge in [0.1, 0.15) is 11.6 Å². The summed E-state index contributed by atoms with van der Waals surface area (Å²) in [7, 11) is 1.54. The number of halogens is 2. The summed E-state index contributed by atoms with van der Waals surface area (Å²) in [6.07, 6.45) is 0. The Bertz CT molecular complexity index is 575. The third-order valence-electron chi connectivity index (χ3n) is 2.44. The molecule has 0 saturated heterocycles. The van der Waals surface area contributed by atoms with E-state index in [1.54, 1.807) is 30.3 Å². The van der Waals surface area contributed by atoms with Crippen LogP contribution in [0.2, 0.25) is 0 Å². The number of methoxy groups -OCH3 is 1. The molecule has 0 heterocycles. The van der Waals surface area contributed by atoms with E-state index in [9.17, 15) is 4.39 Å². The number of nitrogen functional groups attached to an aromatic ring is 1. The van der Waals surface area contributed by atoms with Gasteiger partial charge in [-0.1, -0.05) is 15.9 Å². The largest absolute Gasteiger partial charge is 0.495 e. The lowest BCUT2D eigenvalue weighted by Crippen LogP contribution is -1.97. The fourth-order valence-corrected chi connectivity index (χ4v) is 1.87. The van der Waals surface area contributed by atoms with Gasteiger partial charge in [-0.15, -0.1) is 0 Å². The Morgan fingerprint density at radius 1 is 1.22 bits per heavy atom. The first-order valence-electron chi connectivity index (χ1n) is 5.26. The molecular weight excluding hydrogens is 299 g/mol. The highest BCUT2D eigenvalue weighted by atomic mass is 79.9. The molecule has 2 aromatic rings. The van der Waals surface area contributed by atoms with Crippen molar-refractivity contribution < 1.29 is 9.13 Å². The summed E-state index contributed by atoms with van der Waals surface area (Å²) < 4.78 is 19.5.